The molecule has 1 saturated heterocycles. The van der Waals surface area contributed by atoms with Crippen molar-refractivity contribution in [1.29, 1.82) is 0 Å². The summed E-state index contributed by atoms with van der Waals surface area (Å²) in [5.74, 6) is -0.531. The number of nitrogens with one attached hydrogen (secondary N) is 1. The third-order valence-electron chi connectivity index (χ3n) is 3.74. The fourth-order valence-electron chi connectivity index (χ4n) is 2.72. The molecule has 2 aliphatic rings. The van der Waals surface area contributed by atoms with Gasteiger partial charge in [0.2, 0.25) is 11.8 Å². The second-order valence-electron chi connectivity index (χ2n) is 4.97. The second kappa shape index (κ2) is 5.49. The Labute approximate surface area is 101 Å². The van der Waals surface area contributed by atoms with Gasteiger partial charge in [-0.15, -0.1) is 0 Å². The Morgan fingerprint density at radius 3 is 2.65 bits per heavy atom. The van der Waals surface area contributed by atoms with Crippen LogP contribution in [0.15, 0.2) is 0 Å². The summed E-state index contributed by atoms with van der Waals surface area (Å²) < 4.78 is 5.29. The molecule has 1 saturated carbocycles. The Hall–Kier alpha value is -1.10. The molecule has 17 heavy (non-hydrogen) atoms. The second-order valence-corrected chi connectivity index (χ2v) is 4.97. The van der Waals surface area contributed by atoms with Crippen LogP contribution in [0.3, 0.4) is 0 Å². The fraction of sp³-hybridized carbons (Fsp3) is 0.833. The van der Waals surface area contributed by atoms with Crippen molar-refractivity contribution in [2.75, 3.05) is 13.2 Å². The van der Waals surface area contributed by atoms with Crippen LogP contribution in [0.5, 0.6) is 0 Å². The van der Waals surface area contributed by atoms with Crippen LogP contribution in [0.4, 0.5) is 0 Å². The molecule has 3 N–H and O–H groups in total. The van der Waals surface area contributed by atoms with E-state index in [1.54, 1.807) is 0 Å². The summed E-state index contributed by atoms with van der Waals surface area (Å²) in [5, 5.41) is 2.96. The van der Waals surface area contributed by atoms with Crippen LogP contribution in [0, 0.1) is 11.8 Å². The first-order valence-corrected chi connectivity index (χ1v) is 6.36. The summed E-state index contributed by atoms with van der Waals surface area (Å²) in [7, 11) is 0. The lowest BCUT2D eigenvalue weighted by Gasteiger charge is -2.25. The molecule has 0 aromatic rings. The molecule has 0 unspecified atom stereocenters. The highest BCUT2D eigenvalue weighted by molar-refractivity contribution is 5.82. The SMILES string of the molecule is NC(=O)[C@@H]1CCC[C@@H]1NC(=O)[C@H]1CCCOC1. The normalized spacial score (nSPS) is 33.3. The zero-order chi connectivity index (χ0) is 12.3. The summed E-state index contributed by atoms with van der Waals surface area (Å²) in [6, 6.07) is -0.0677. The molecule has 5 heteroatoms. The summed E-state index contributed by atoms with van der Waals surface area (Å²) in [5.41, 5.74) is 5.33. The highest BCUT2D eigenvalue weighted by Crippen LogP contribution is 2.26. The topological polar surface area (TPSA) is 81.4 Å². The zero-order valence-corrected chi connectivity index (χ0v) is 9.98. The van der Waals surface area contributed by atoms with Gasteiger partial charge in [-0.25, -0.2) is 0 Å². The van der Waals surface area contributed by atoms with Crippen LogP contribution in [0.2, 0.25) is 0 Å². The van der Waals surface area contributed by atoms with Gasteiger partial charge in [0.05, 0.1) is 18.4 Å². The number of carbonyl (C=O) groups excluding carboxylic acids is 2. The van der Waals surface area contributed by atoms with Crippen molar-refractivity contribution >= 4 is 11.8 Å². The van der Waals surface area contributed by atoms with Gasteiger partial charge in [0.25, 0.3) is 0 Å². The van der Waals surface area contributed by atoms with Gasteiger partial charge in [-0.2, -0.15) is 0 Å². The standard InChI is InChI=1S/C12H20N2O3/c13-11(15)9-4-1-5-10(9)14-12(16)8-3-2-6-17-7-8/h8-10H,1-7H2,(H2,13,15)(H,14,16)/t8-,9+,10-/m0/s1. The number of nitrogens with two attached hydrogens (primary N) is 1. The largest absolute Gasteiger partial charge is 0.381 e. The third-order valence-corrected chi connectivity index (χ3v) is 3.74. The van der Waals surface area contributed by atoms with E-state index in [4.69, 9.17) is 10.5 Å². The predicted octanol–water partition coefficient (Wildman–Crippen LogP) is 0.183. The molecule has 0 radical (unpaired) electrons. The Balaban J connectivity index is 1.86. The van der Waals surface area contributed by atoms with E-state index in [9.17, 15) is 9.59 Å². The lowest BCUT2D eigenvalue weighted by Crippen LogP contribution is -2.46. The molecular formula is C12H20N2O3. The fourth-order valence-corrected chi connectivity index (χ4v) is 2.72. The number of hydrogen-bond acceptors (Lipinski definition) is 3. The molecule has 0 bridgehead atoms. The molecule has 2 amide bonds. The minimum absolute atomic E-state index is 0.0165. The van der Waals surface area contributed by atoms with Gasteiger partial charge in [0.15, 0.2) is 0 Å². The van der Waals surface area contributed by atoms with Crippen molar-refractivity contribution in [3.8, 4) is 0 Å². The molecule has 5 nitrogen and oxygen atoms in total. The van der Waals surface area contributed by atoms with Crippen molar-refractivity contribution in [2.24, 2.45) is 17.6 Å². The smallest absolute Gasteiger partial charge is 0.225 e. The average molecular weight is 240 g/mol. The molecule has 0 aromatic carbocycles. The molecule has 0 aromatic heterocycles. The van der Waals surface area contributed by atoms with Crippen molar-refractivity contribution < 1.29 is 14.3 Å². The number of rotatable bonds is 3. The Kier molecular flexibility index (Phi) is 3.99. The summed E-state index contributed by atoms with van der Waals surface area (Å²) in [6.45, 7) is 1.25. The van der Waals surface area contributed by atoms with Gasteiger partial charge >= 0.3 is 0 Å². The summed E-state index contributed by atoms with van der Waals surface area (Å²) in [4.78, 5) is 23.2. The molecular weight excluding hydrogens is 220 g/mol. The quantitative estimate of drug-likeness (QED) is 0.738. The molecule has 2 rings (SSSR count). The third kappa shape index (κ3) is 2.97. The van der Waals surface area contributed by atoms with Gasteiger partial charge in [0, 0.05) is 12.6 Å². The monoisotopic (exact) mass is 240 g/mol. The maximum Gasteiger partial charge on any atom is 0.225 e. The van der Waals surface area contributed by atoms with E-state index in [0.29, 0.717) is 6.61 Å². The van der Waals surface area contributed by atoms with Gasteiger partial charge < -0.3 is 15.8 Å². The number of ether oxygens (including phenoxy) is 1. The van der Waals surface area contributed by atoms with Crippen molar-refractivity contribution in [3.05, 3.63) is 0 Å². The number of carbonyl (C=O) groups is 2. The lowest BCUT2D eigenvalue weighted by atomic mass is 9.98. The molecule has 3 atom stereocenters. The first kappa shape index (κ1) is 12.4. The maximum absolute atomic E-state index is 12.0. The van der Waals surface area contributed by atoms with E-state index in [2.05, 4.69) is 5.32 Å². The summed E-state index contributed by atoms with van der Waals surface area (Å²) in [6.07, 6.45) is 4.41. The van der Waals surface area contributed by atoms with Crippen LogP contribution >= 0.6 is 0 Å². The van der Waals surface area contributed by atoms with E-state index in [-0.39, 0.29) is 29.7 Å². The van der Waals surface area contributed by atoms with E-state index < -0.39 is 0 Å². The Morgan fingerprint density at radius 2 is 2.00 bits per heavy atom. The number of amides is 2. The van der Waals surface area contributed by atoms with Gasteiger partial charge in [-0.3, -0.25) is 9.59 Å². The molecule has 1 heterocycles. The number of hydrogen-bond donors (Lipinski definition) is 2. The minimum Gasteiger partial charge on any atom is -0.381 e. The molecule has 1 aliphatic heterocycles. The Morgan fingerprint density at radius 1 is 1.18 bits per heavy atom. The van der Waals surface area contributed by atoms with Crippen molar-refractivity contribution in [1.82, 2.24) is 5.32 Å². The van der Waals surface area contributed by atoms with E-state index in [0.717, 1.165) is 38.7 Å². The zero-order valence-electron chi connectivity index (χ0n) is 9.98. The molecule has 96 valence electrons. The van der Waals surface area contributed by atoms with Crippen LogP contribution in [0.25, 0.3) is 0 Å². The van der Waals surface area contributed by atoms with Crippen LogP contribution in [-0.4, -0.2) is 31.1 Å². The van der Waals surface area contributed by atoms with Gasteiger partial charge in [-0.1, -0.05) is 6.42 Å². The van der Waals surface area contributed by atoms with E-state index in [1.807, 2.05) is 0 Å². The predicted molar refractivity (Wildman–Crippen MR) is 62.0 cm³/mol. The Bertz CT molecular complexity index is 300. The lowest BCUT2D eigenvalue weighted by molar-refractivity contribution is -0.130. The summed E-state index contributed by atoms with van der Waals surface area (Å²) >= 11 is 0. The molecule has 0 spiro atoms. The van der Waals surface area contributed by atoms with E-state index in [1.165, 1.54) is 0 Å². The van der Waals surface area contributed by atoms with Crippen LogP contribution < -0.4 is 11.1 Å². The minimum atomic E-state index is -0.298. The van der Waals surface area contributed by atoms with Crippen LogP contribution in [0.1, 0.15) is 32.1 Å². The van der Waals surface area contributed by atoms with Crippen LogP contribution in [-0.2, 0) is 14.3 Å². The van der Waals surface area contributed by atoms with E-state index >= 15 is 0 Å². The maximum atomic E-state index is 12.0. The highest BCUT2D eigenvalue weighted by atomic mass is 16.5. The van der Waals surface area contributed by atoms with Crippen molar-refractivity contribution in [2.45, 2.75) is 38.1 Å². The first-order valence-electron chi connectivity index (χ1n) is 6.36. The van der Waals surface area contributed by atoms with Gasteiger partial charge in [-0.05, 0) is 25.7 Å². The van der Waals surface area contributed by atoms with Crippen molar-refractivity contribution in [3.63, 3.8) is 0 Å². The molecule has 1 aliphatic carbocycles. The van der Waals surface area contributed by atoms with Gasteiger partial charge in [0.1, 0.15) is 0 Å². The first-order chi connectivity index (χ1) is 8.18. The molecule has 2 fully saturated rings. The average Bonchev–Trinajstić information content (AvgIpc) is 2.78. The highest BCUT2D eigenvalue weighted by Gasteiger charge is 2.34. The number of primary amides is 1.